The van der Waals surface area contributed by atoms with E-state index in [0.29, 0.717) is 26.3 Å². The minimum atomic E-state index is 0.00306. The Balaban J connectivity index is 0.000000184. The van der Waals surface area contributed by atoms with Crippen LogP contribution >= 0.6 is 0 Å². The lowest BCUT2D eigenvalue weighted by Crippen LogP contribution is -2.39. The third-order valence-corrected chi connectivity index (χ3v) is 2.53. The molecule has 0 radical (unpaired) electrons. The number of hydrogen-bond acceptors (Lipinski definition) is 2. The van der Waals surface area contributed by atoms with E-state index in [-0.39, 0.29) is 5.91 Å². The lowest BCUT2D eigenvalue weighted by molar-refractivity contribution is -0.129. The van der Waals surface area contributed by atoms with E-state index in [1.54, 1.807) is 4.90 Å². The van der Waals surface area contributed by atoms with Crippen molar-refractivity contribution in [2.75, 3.05) is 26.3 Å². The van der Waals surface area contributed by atoms with Crippen molar-refractivity contribution in [3.8, 4) is 0 Å². The smallest absolute Gasteiger partial charge is 0.246 e. The van der Waals surface area contributed by atoms with E-state index in [9.17, 15) is 4.79 Å². The van der Waals surface area contributed by atoms with Gasteiger partial charge in [-0.05, 0) is 11.6 Å². The molecular formula is C15H19NO2. The maximum atomic E-state index is 10.9. The fraction of sp³-hybridized carbons (Fsp3) is 0.267. The average molecular weight is 245 g/mol. The van der Waals surface area contributed by atoms with Crippen molar-refractivity contribution < 1.29 is 9.53 Å². The van der Waals surface area contributed by atoms with Gasteiger partial charge in [-0.15, -0.1) is 0 Å². The molecule has 1 aromatic carbocycles. The Hall–Kier alpha value is -1.87. The van der Waals surface area contributed by atoms with Crippen LogP contribution in [-0.4, -0.2) is 37.1 Å². The summed E-state index contributed by atoms with van der Waals surface area (Å²) in [6, 6.07) is 10.0. The number of rotatable bonds is 2. The van der Waals surface area contributed by atoms with Gasteiger partial charge in [0.05, 0.1) is 13.2 Å². The zero-order chi connectivity index (χ0) is 13.2. The quantitative estimate of drug-likeness (QED) is 0.749. The monoisotopic (exact) mass is 245 g/mol. The van der Waals surface area contributed by atoms with E-state index in [1.165, 1.54) is 11.6 Å². The van der Waals surface area contributed by atoms with Crippen molar-refractivity contribution in [1.82, 2.24) is 4.90 Å². The summed E-state index contributed by atoms with van der Waals surface area (Å²) in [4.78, 5) is 12.7. The molecule has 0 aliphatic carbocycles. The van der Waals surface area contributed by atoms with Crippen molar-refractivity contribution in [2.24, 2.45) is 0 Å². The Morgan fingerprint density at radius 1 is 1.17 bits per heavy atom. The largest absolute Gasteiger partial charge is 0.378 e. The molecule has 3 heteroatoms. The van der Waals surface area contributed by atoms with E-state index in [4.69, 9.17) is 4.74 Å². The zero-order valence-electron chi connectivity index (χ0n) is 10.5. The van der Waals surface area contributed by atoms with Gasteiger partial charge < -0.3 is 9.64 Å². The Bertz CT molecular complexity index is 381. The van der Waals surface area contributed by atoms with Gasteiger partial charge in [-0.3, -0.25) is 4.79 Å². The molecule has 3 nitrogen and oxygen atoms in total. The molecule has 96 valence electrons. The number of carbonyl (C=O) groups is 1. The van der Waals surface area contributed by atoms with Crippen molar-refractivity contribution in [3.05, 3.63) is 55.1 Å². The number of hydrogen-bond donors (Lipinski definition) is 0. The molecular weight excluding hydrogens is 226 g/mol. The molecule has 0 bridgehead atoms. The molecule has 0 aromatic heterocycles. The molecule has 1 aliphatic heterocycles. The van der Waals surface area contributed by atoms with Crippen LogP contribution in [0.4, 0.5) is 0 Å². The second-order valence-corrected chi connectivity index (χ2v) is 3.76. The molecule has 1 fully saturated rings. The van der Waals surface area contributed by atoms with Crippen molar-refractivity contribution in [2.45, 2.75) is 0 Å². The molecule has 1 aliphatic rings. The topological polar surface area (TPSA) is 29.5 Å². The van der Waals surface area contributed by atoms with Crippen LogP contribution in [-0.2, 0) is 9.53 Å². The van der Waals surface area contributed by atoms with Gasteiger partial charge in [0, 0.05) is 13.1 Å². The molecule has 0 unspecified atom stereocenters. The van der Waals surface area contributed by atoms with Gasteiger partial charge in [0.25, 0.3) is 0 Å². The highest BCUT2D eigenvalue weighted by atomic mass is 16.5. The summed E-state index contributed by atoms with van der Waals surface area (Å²) >= 11 is 0. The molecule has 2 rings (SSSR count). The summed E-state index contributed by atoms with van der Waals surface area (Å²) < 4.78 is 5.07. The number of nitrogens with zero attached hydrogens (tertiary/aromatic N) is 1. The highest BCUT2D eigenvalue weighted by Crippen LogP contribution is 1.97. The summed E-state index contributed by atoms with van der Waals surface area (Å²) in [6.45, 7) is 9.74. The van der Waals surface area contributed by atoms with E-state index in [1.807, 2.05) is 36.4 Å². The lowest BCUT2D eigenvalue weighted by atomic mass is 10.2. The van der Waals surface area contributed by atoms with Crippen LogP contribution in [0, 0.1) is 0 Å². The Labute approximate surface area is 108 Å². The van der Waals surface area contributed by atoms with E-state index in [2.05, 4.69) is 13.2 Å². The highest BCUT2D eigenvalue weighted by Gasteiger charge is 2.12. The fourth-order valence-electron chi connectivity index (χ4n) is 1.50. The zero-order valence-corrected chi connectivity index (χ0v) is 10.5. The number of carbonyl (C=O) groups excluding carboxylic acids is 1. The first kappa shape index (κ1) is 14.2. The first-order valence-electron chi connectivity index (χ1n) is 5.94. The summed E-state index contributed by atoms with van der Waals surface area (Å²) in [5.74, 6) is 0.00306. The average Bonchev–Trinajstić information content (AvgIpc) is 2.49. The number of amides is 1. The molecule has 1 heterocycles. The second-order valence-electron chi connectivity index (χ2n) is 3.76. The minimum absolute atomic E-state index is 0.00306. The predicted octanol–water partition coefficient (Wildman–Crippen LogP) is 2.36. The first-order chi connectivity index (χ1) is 8.77. The van der Waals surface area contributed by atoms with Crippen LogP contribution in [0.1, 0.15) is 5.56 Å². The molecule has 0 atom stereocenters. The van der Waals surface area contributed by atoms with Gasteiger partial charge in [0.1, 0.15) is 0 Å². The number of benzene rings is 1. The van der Waals surface area contributed by atoms with Crippen LogP contribution in [0.2, 0.25) is 0 Å². The van der Waals surface area contributed by atoms with Crippen LogP contribution in [0.25, 0.3) is 6.08 Å². The van der Waals surface area contributed by atoms with Gasteiger partial charge in [-0.1, -0.05) is 49.6 Å². The van der Waals surface area contributed by atoms with E-state index >= 15 is 0 Å². The Morgan fingerprint density at radius 3 is 2.22 bits per heavy atom. The first-order valence-corrected chi connectivity index (χ1v) is 5.94. The SMILES string of the molecule is C=CC(=O)N1CCOCC1.C=Cc1ccccc1. The number of morpholine rings is 1. The molecule has 0 spiro atoms. The van der Waals surface area contributed by atoms with Crippen LogP contribution in [0.15, 0.2) is 49.6 Å². The summed E-state index contributed by atoms with van der Waals surface area (Å²) in [7, 11) is 0. The van der Waals surface area contributed by atoms with Crippen LogP contribution in [0.5, 0.6) is 0 Å². The van der Waals surface area contributed by atoms with Crippen molar-refractivity contribution in [1.29, 1.82) is 0 Å². The molecule has 18 heavy (non-hydrogen) atoms. The van der Waals surface area contributed by atoms with E-state index < -0.39 is 0 Å². The predicted molar refractivity (Wildman–Crippen MR) is 74.1 cm³/mol. The van der Waals surface area contributed by atoms with Gasteiger partial charge in [-0.2, -0.15) is 0 Å². The minimum Gasteiger partial charge on any atom is -0.378 e. The van der Waals surface area contributed by atoms with Crippen LogP contribution < -0.4 is 0 Å². The van der Waals surface area contributed by atoms with Gasteiger partial charge >= 0.3 is 0 Å². The summed E-state index contributed by atoms with van der Waals surface area (Å²) in [5, 5.41) is 0. The Morgan fingerprint density at radius 2 is 1.78 bits per heavy atom. The van der Waals surface area contributed by atoms with Crippen molar-refractivity contribution in [3.63, 3.8) is 0 Å². The maximum Gasteiger partial charge on any atom is 0.246 e. The van der Waals surface area contributed by atoms with Gasteiger partial charge in [-0.25, -0.2) is 0 Å². The van der Waals surface area contributed by atoms with Gasteiger partial charge in [0.2, 0.25) is 5.91 Å². The maximum absolute atomic E-state index is 10.9. The standard InChI is InChI=1S/C8H8.C7H11NO2/c1-2-8-6-4-3-5-7-8;1-2-7(9)8-3-5-10-6-4-8/h2-7H,1H2;2H,1,3-6H2. The van der Waals surface area contributed by atoms with E-state index in [0.717, 1.165) is 0 Å². The van der Waals surface area contributed by atoms with Crippen LogP contribution in [0.3, 0.4) is 0 Å². The molecule has 1 saturated heterocycles. The van der Waals surface area contributed by atoms with Crippen molar-refractivity contribution >= 4 is 12.0 Å². The molecule has 0 saturated carbocycles. The summed E-state index contributed by atoms with van der Waals surface area (Å²) in [6.07, 6.45) is 3.17. The second kappa shape index (κ2) is 8.25. The Kier molecular flexibility index (Phi) is 6.51. The number of ether oxygens (including phenoxy) is 1. The lowest BCUT2D eigenvalue weighted by Gasteiger charge is -2.25. The molecule has 0 N–H and O–H groups in total. The molecule has 1 amide bonds. The third kappa shape index (κ3) is 4.97. The van der Waals surface area contributed by atoms with Gasteiger partial charge in [0.15, 0.2) is 0 Å². The highest BCUT2D eigenvalue weighted by molar-refractivity contribution is 5.87. The summed E-state index contributed by atoms with van der Waals surface area (Å²) in [5.41, 5.74) is 1.17. The fourth-order valence-corrected chi connectivity index (χ4v) is 1.50. The normalized spacial score (nSPS) is 14.1. The molecule has 1 aromatic rings. The third-order valence-electron chi connectivity index (χ3n) is 2.53.